The minimum absolute atomic E-state index is 0.00407. The molecule has 8 heteroatoms. The zero-order valence-electron chi connectivity index (χ0n) is 9.56. The Kier molecular flexibility index (Phi) is 3.54. The normalized spacial score (nSPS) is 11.5. The van der Waals surface area contributed by atoms with Gasteiger partial charge in [0.2, 0.25) is 5.09 Å². The van der Waals surface area contributed by atoms with Crippen LogP contribution in [0.1, 0.15) is 5.76 Å². The molecule has 0 amide bonds. The number of hydrogen-bond acceptors (Lipinski definition) is 4. The molecule has 0 atom stereocenters. The number of sulfonamides is 1. The van der Waals surface area contributed by atoms with E-state index in [0.717, 1.165) is 6.07 Å². The van der Waals surface area contributed by atoms with Crippen molar-refractivity contribution in [3.63, 3.8) is 0 Å². The lowest BCUT2D eigenvalue weighted by molar-refractivity contribution is 0.419. The Morgan fingerprint density at radius 3 is 2.58 bits per heavy atom. The molecule has 102 valence electrons. The van der Waals surface area contributed by atoms with Gasteiger partial charge in [0.1, 0.15) is 5.76 Å². The molecule has 5 nitrogen and oxygen atoms in total. The van der Waals surface area contributed by atoms with Crippen LogP contribution in [0.25, 0.3) is 0 Å². The summed E-state index contributed by atoms with van der Waals surface area (Å²) in [6.45, 7) is -0.00407. The molecule has 0 unspecified atom stereocenters. The van der Waals surface area contributed by atoms with Gasteiger partial charge in [-0.15, -0.1) is 0 Å². The molecule has 0 spiro atoms. The van der Waals surface area contributed by atoms with Crippen molar-refractivity contribution in [2.24, 2.45) is 5.14 Å². The Balaban J connectivity index is 2.11. The lowest BCUT2D eigenvalue weighted by Gasteiger charge is -2.05. The van der Waals surface area contributed by atoms with Crippen LogP contribution in [-0.2, 0) is 16.6 Å². The first-order valence-corrected chi connectivity index (χ1v) is 6.72. The third kappa shape index (κ3) is 3.09. The molecule has 0 bridgehead atoms. The average molecular weight is 288 g/mol. The number of hydrogen-bond donors (Lipinski definition) is 2. The van der Waals surface area contributed by atoms with Crippen molar-refractivity contribution in [1.82, 2.24) is 0 Å². The molecule has 0 saturated carbocycles. The van der Waals surface area contributed by atoms with Crippen molar-refractivity contribution in [3.05, 3.63) is 47.7 Å². The number of halogens is 2. The average Bonchev–Trinajstić information content (AvgIpc) is 2.79. The molecule has 19 heavy (non-hydrogen) atoms. The van der Waals surface area contributed by atoms with Crippen LogP contribution in [0.5, 0.6) is 0 Å². The van der Waals surface area contributed by atoms with Gasteiger partial charge in [-0.2, -0.15) is 0 Å². The first-order chi connectivity index (χ1) is 8.88. The fraction of sp³-hybridized carbons (Fsp3) is 0.0909. The van der Waals surface area contributed by atoms with E-state index < -0.39 is 21.7 Å². The molecule has 2 aromatic rings. The van der Waals surface area contributed by atoms with Gasteiger partial charge < -0.3 is 9.73 Å². The van der Waals surface area contributed by atoms with Gasteiger partial charge in [0.15, 0.2) is 11.6 Å². The first kappa shape index (κ1) is 13.5. The highest BCUT2D eigenvalue weighted by molar-refractivity contribution is 7.89. The summed E-state index contributed by atoms with van der Waals surface area (Å²) in [5.41, 5.74) is -0.0476. The highest BCUT2D eigenvalue weighted by Gasteiger charge is 2.13. The number of nitrogens with two attached hydrogens (primary N) is 1. The van der Waals surface area contributed by atoms with Gasteiger partial charge in [-0.05, 0) is 24.3 Å². The predicted octanol–water partition coefficient (Wildman–Crippen LogP) is 1.82. The van der Waals surface area contributed by atoms with E-state index in [1.165, 1.54) is 24.3 Å². The van der Waals surface area contributed by atoms with Gasteiger partial charge in [0.05, 0.1) is 12.2 Å². The summed E-state index contributed by atoms with van der Waals surface area (Å²) in [5, 5.41) is 7.08. The Morgan fingerprint density at radius 1 is 1.21 bits per heavy atom. The van der Waals surface area contributed by atoms with Crippen LogP contribution in [0, 0.1) is 11.6 Å². The number of primary sulfonamides is 1. The molecule has 1 heterocycles. The van der Waals surface area contributed by atoms with Gasteiger partial charge in [0, 0.05) is 0 Å². The maximum absolute atomic E-state index is 13.3. The maximum atomic E-state index is 13.3. The largest absolute Gasteiger partial charge is 0.446 e. The fourth-order valence-corrected chi connectivity index (χ4v) is 1.91. The van der Waals surface area contributed by atoms with Gasteiger partial charge in [-0.1, -0.05) is 6.07 Å². The Morgan fingerprint density at radius 2 is 1.95 bits per heavy atom. The van der Waals surface area contributed by atoms with Crippen molar-refractivity contribution in [1.29, 1.82) is 0 Å². The second-order valence-corrected chi connectivity index (χ2v) is 5.21. The summed E-state index contributed by atoms with van der Waals surface area (Å²) in [5.74, 6) is -1.76. The molecular weight excluding hydrogens is 278 g/mol. The number of benzene rings is 1. The van der Waals surface area contributed by atoms with Crippen molar-refractivity contribution < 1.29 is 21.6 Å². The smallest absolute Gasteiger partial charge is 0.271 e. The van der Waals surface area contributed by atoms with Crippen LogP contribution in [0.3, 0.4) is 0 Å². The van der Waals surface area contributed by atoms with Gasteiger partial charge >= 0.3 is 0 Å². The van der Waals surface area contributed by atoms with Crippen LogP contribution < -0.4 is 10.5 Å². The molecule has 3 N–H and O–H groups in total. The monoisotopic (exact) mass is 288 g/mol. The molecular formula is C11H10F2N2O3S. The quantitative estimate of drug-likeness (QED) is 0.898. The van der Waals surface area contributed by atoms with Crippen LogP contribution in [0.4, 0.5) is 14.5 Å². The van der Waals surface area contributed by atoms with Crippen molar-refractivity contribution in [2.75, 3.05) is 5.32 Å². The van der Waals surface area contributed by atoms with Gasteiger partial charge in [-0.25, -0.2) is 22.3 Å². The maximum Gasteiger partial charge on any atom is 0.271 e. The van der Waals surface area contributed by atoms with Crippen LogP contribution in [0.15, 0.2) is 39.8 Å². The summed E-state index contributed by atoms with van der Waals surface area (Å²) in [7, 11) is -3.91. The zero-order chi connectivity index (χ0) is 14.0. The molecule has 0 radical (unpaired) electrons. The second kappa shape index (κ2) is 4.98. The van der Waals surface area contributed by atoms with Crippen LogP contribution >= 0.6 is 0 Å². The third-order valence-corrected chi connectivity index (χ3v) is 3.10. The summed E-state index contributed by atoms with van der Waals surface area (Å²) >= 11 is 0. The minimum Gasteiger partial charge on any atom is -0.446 e. The predicted molar refractivity (Wildman–Crippen MR) is 63.8 cm³/mol. The highest BCUT2D eigenvalue weighted by atomic mass is 32.2. The molecule has 0 aliphatic heterocycles. The Bertz CT molecular complexity index is 698. The lowest BCUT2D eigenvalue weighted by atomic mass is 10.3. The SMILES string of the molecule is NS(=O)(=O)c1ccc(CNc2cccc(F)c2F)o1. The van der Waals surface area contributed by atoms with E-state index in [1.54, 1.807) is 0 Å². The Labute approximate surface area is 108 Å². The van der Waals surface area contributed by atoms with Gasteiger partial charge in [-0.3, -0.25) is 0 Å². The van der Waals surface area contributed by atoms with E-state index in [-0.39, 0.29) is 23.1 Å². The van der Waals surface area contributed by atoms with E-state index in [0.29, 0.717) is 0 Å². The lowest BCUT2D eigenvalue weighted by Crippen LogP contribution is -2.10. The molecule has 0 aliphatic carbocycles. The molecule has 0 saturated heterocycles. The van der Waals surface area contributed by atoms with E-state index in [9.17, 15) is 17.2 Å². The van der Waals surface area contributed by atoms with Crippen molar-refractivity contribution >= 4 is 15.7 Å². The number of nitrogens with one attached hydrogen (secondary N) is 1. The van der Waals surface area contributed by atoms with E-state index in [1.807, 2.05) is 0 Å². The summed E-state index contributed by atoms with van der Waals surface area (Å²) in [6.07, 6.45) is 0. The van der Waals surface area contributed by atoms with Crippen molar-refractivity contribution in [3.8, 4) is 0 Å². The summed E-state index contributed by atoms with van der Waals surface area (Å²) < 4.78 is 53.1. The molecule has 2 rings (SSSR count). The third-order valence-electron chi connectivity index (χ3n) is 2.32. The van der Waals surface area contributed by atoms with Gasteiger partial charge in [0.25, 0.3) is 10.0 Å². The topological polar surface area (TPSA) is 85.3 Å². The van der Waals surface area contributed by atoms with Crippen LogP contribution in [-0.4, -0.2) is 8.42 Å². The van der Waals surface area contributed by atoms with E-state index >= 15 is 0 Å². The molecule has 0 aliphatic rings. The number of anilines is 1. The standard InChI is InChI=1S/C11H10F2N2O3S/c12-8-2-1-3-9(11(8)13)15-6-7-4-5-10(18-7)19(14,16)17/h1-5,15H,6H2,(H2,14,16,17). The van der Waals surface area contributed by atoms with E-state index in [2.05, 4.69) is 5.32 Å². The summed E-state index contributed by atoms with van der Waals surface area (Å²) in [4.78, 5) is 0. The number of rotatable bonds is 4. The second-order valence-electron chi connectivity index (χ2n) is 3.72. The zero-order valence-corrected chi connectivity index (χ0v) is 10.4. The van der Waals surface area contributed by atoms with E-state index in [4.69, 9.17) is 9.56 Å². The first-order valence-electron chi connectivity index (χ1n) is 5.17. The summed E-state index contributed by atoms with van der Waals surface area (Å²) in [6, 6.07) is 6.26. The molecule has 1 aromatic carbocycles. The molecule has 0 fully saturated rings. The fourth-order valence-electron chi connectivity index (χ4n) is 1.43. The van der Waals surface area contributed by atoms with Crippen LogP contribution in [0.2, 0.25) is 0 Å². The van der Waals surface area contributed by atoms with Crippen molar-refractivity contribution in [2.45, 2.75) is 11.6 Å². The minimum atomic E-state index is -3.91. The molecule has 1 aromatic heterocycles. The highest BCUT2D eigenvalue weighted by Crippen LogP contribution is 2.18. The Hall–Kier alpha value is -1.93. The number of furan rings is 1.